The fourth-order valence-electron chi connectivity index (χ4n) is 1.53. The minimum absolute atomic E-state index is 0.166. The van der Waals surface area contributed by atoms with E-state index in [9.17, 15) is 9.59 Å². The Kier molecular flexibility index (Phi) is 4.53. The smallest absolute Gasteiger partial charge is 0.253 e. The Bertz CT molecular complexity index is 459. The molecule has 1 unspecified atom stereocenters. The lowest BCUT2D eigenvalue weighted by Gasteiger charge is -2.16. The van der Waals surface area contributed by atoms with E-state index in [1.807, 2.05) is 0 Å². The molecule has 0 saturated heterocycles. The van der Waals surface area contributed by atoms with E-state index in [0.29, 0.717) is 16.9 Å². The molecule has 0 heterocycles. The molecule has 1 atom stereocenters. The summed E-state index contributed by atoms with van der Waals surface area (Å²) >= 11 is 0. The highest BCUT2D eigenvalue weighted by Gasteiger charge is 2.15. The van der Waals surface area contributed by atoms with E-state index in [2.05, 4.69) is 16.0 Å². The maximum absolute atomic E-state index is 11.7. The van der Waals surface area contributed by atoms with Crippen LogP contribution < -0.4 is 21.7 Å². The highest BCUT2D eigenvalue weighted by atomic mass is 16.2. The molecule has 0 aliphatic rings. The number of benzene rings is 1. The molecule has 98 valence electrons. The highest BCUT2D eigenvalue weighted by molar-refractivity contribution is 6.00. The SMILES string of the molecule is CNC(=O)c1ccc(N)cc1NC(C)C(=O)NC. The minimum Gasteiger partial charge on any atom is -0.399 e. The molecular formula is C12H18N4O2. The first-order chi connectivity index (χ1) is 8.49. The Balaban J connectivity index is 3.02. The summed E-state index contributed by atoms with van der Waals surface area (Å²) in [6, 6.07) is 4.43. The summed E-state index contributed by atoms with van der Waals surface area (Å²) in [6.45, 7) is 1.70. The molecule has 0 fully saturated rings. The van der Waals surface area contributed by atoms with Gasteiger partial charge in [-0.25, -0.2) is 0 Å². The molecule has 0 bridgehead atoms. The third-order valence-electron chi connectivity index (χ3n) is 2.53. The zero-order chi connectivity index (χ0) is 13.7. The zero-order valence-corrected chi connectivity index (χ0v) is 10.7. The molecule has 6 nitrogen and oxygen atoms in total. The molecule has 0 spiro atoms. The summed E-state index contributed by atoms with van der Waals surface area (Å²) in [4.78, 5) is 23.1. The van der Waals surface area contributed by atoms with Gasteiger partial charge in [0, 0.05) is 25.5 Å². The van der Waals surface area contributed by atoms with Crippen LogP contribution in [0.4, 0.5) is 11.4 Å². The van der Waals surface area contributed by atoms with Crippen LogP contribution >= 0.6 is 0 Å². The number of anilines is 2. The molecule has 6 heteroatoms. The van der Waals surface area contributed by atoms with E-state index in [0.717, 1.165) is 0 Å². The summed E-state index contributed by atoms with van der Waals surface area (Å²) in [5, 5.41) is 8.03. The number of likely N-dealkylation sites (N-methyl/N-ethyl adjacent to an activating group) is 1. The van der Waals surface area contributed by atoms with Crippen molar-refractivity contribution in [2.45, 2.75) is 13.0 Å². The van der Waals surface area contributed by atoms with Crippen LogP contribution in [0.15, 0.2) is 18.2 Å². The summed E-state index contributed by atoms with van der Waals surface area (Å²) < 4.78 is 0. The summed E-state index contributed by atoms with van der Waals surface area (Å²) in [6.07, 6.45) is 0. The standard InChI is InChI=1S/C12H18N4O2/c1-7(11(17)14-2)16-10-6-8(13)4-5-9(10)12(18)15-3/h4-7,16H,13H2,1-3H3,(H,14,17)(H,15,18). The molecule has 0 radical (unpaired) electrons. The van der Waals surface area contributed by atoms with Gasteiger partial charge in [0.1, 0.15) is 6.04 Å². The first-order valence-electron chi connectivity index (χ1n) is 5.59. The number of hydrogen-bond acceptors (Lipinski definition) is 4. The van der Waals surface area contributed by atoms with Crippen LogP contribution in [-0.2, 0) is 4.79 Å². The topological polar surface area (TPSA) is 96.2 Å². The van der Waals surface area contributed by atoms with Crippen LogP contribution in [0.5, 0.6) is 0 Å². The van der Waals surface area contributed by atoms with Crippen LogP contribution in [0.25, 0.3) is 0 Å². The van der Waals surface area contributed by atoms with Gasteiger partial charge in [-0.1, -0.05) is 0 Å². The summed E-state index contributed by atoms with van der Waals surface area (Å²) in [5.74, 6) is -0.401. The predicted octanol–water partition coefficient (Wildman–Crippen LogP) is 0.175. The lowest BCUT2D eigenvalue weighted by molar-refractivity contribution is -0.121. The van der Waals surface area contributed by atoms with Crippen LogP contribution in [0.3, 0.4) is 0 Å². The van der Waals surface area contributed by atoms with Gasteiger partial charge in [-0.05, 0) is 25.1 Å². The monoisotopic (exact) mass is 250 g/mol. The predicted molar refractivity (Wildman–Crippen MR) is 71.4 cm³/mol. The molecule has 0 aromatic heterocycles. The third-order valence-corrected chi connectivity index (χ3v) is 2.53. The van der Waals surface area contributed by atoms with E-state index in [1.54, 1.807) is 39.2 Å². The number of rotatable bonds is 4. The molecule has 0 saturated carbocycles. The van der Waals surface area contributed by atoms with Crippen LogP contribution in [0, 0.1) is 0 Å². The average Bonchev–Trinajstić information content (AvgIpc) is 2.37. The third kappa shape index (κ3) is 3.13. The Morgan fingerprint density at radius 1 is 1.22 bits per heavy atom. The molecule has 1 rings (SSSR count). The fraction of sp³-hybridized carbons (Fsp3) is 0.333. The second-order valence-corrected chi connectivity index (χ2v) is 3.86. The van der Waals surface area contributed by atoms with Gasteiger partial charge in [-0.2, -0.15) is 0 Å². The van der Waals surface area contributed by atoms with Crippen LogP contribution in [0.1, 0.15) is 17.3 Å². The van der Waals surface area contributed by atoms with Crippen LogP contribution in [-0.4, -0.2) is 32.0 Å². The fourth-order valence-corrected chi connectivity index (χ4v) is 1.53. The number of hydrogen-bond donors (Lipinski definition) is 4. The minimum atomic E-state index is -0.458. The van der Waals surface area contributed by atoms with Crippen molar-refractivity contribution in [3.8, 4) is 0 Å². The van der Waals surface area contributed by atoms with E-state index in [4.69, 9.17) is 5.73 Å². The molecule has 18 heavy (non-hydrogen) atoms. The van der Waals surface area contributed by atoms with Gasteiger partial charge in [0.05, 0.1) is 5.56 Å². The zero-order valence-electron chi connectivity index (χ0n) is 10.7. The summed E-state index contributed by atoms with van der Waals surface area (Å²) in [5.41, 5.74) is 7.18. The quantitative estimate of drug-likeness (QED) is 0.573. The van der Waals surface area contributed by atoms with Crippen LogP contribution in [0.2, 0.25) is 0 Å². The number of carbonyl (C=O) groups excluding carboxylic acids is 2. The second kappa shape index (κ2) is 5.90. The number of amides is 2. The number of nitrogens with one attached hydrogen (secondary N) is 3. The molecular weight excluding hydrogens is 232 g/mol. The number of nitrogens with two attached hydrogens (primary N) is 1. The average molecular weight is 250 g/mol. The van der Waals surface area contributed by atoms with Crippen molar-refractivity contribution in [3.63, 3.8) is 0 Å². The van der Waals surface area contributed by atoms with Crippen molar-refractivity contribution in [2.75, 3.05) is 25.1 Å². The lowest BCUT2D eigenvalue weighted by atomic mass is 10.1. The van der Waals surface area contributed by atoms with Gasteiger partial charge >= 0.3 is 0 Å². The van der Waals surface area contributed by atoms with Gasteiger partial charge in [0.2, 0.25) is 5.91 Å². The maximum Gasteiger partial charge on any atom is 0.253 e. The Labute approximate surface area is 106 Å². The van der Waals surface area contributed by atoms with E-state index in [-0.39, 0.29) is 11.8 Å². The number of carbonyl (C=O) groups is 2. The molecule has 0 aliphatic heterocycles. The van der Waals surface area contributed by atoms with Crippen molar-refractivity contribution < 1.29 is 9.59 Å². The van der Waals surface area contributed by atoms with Crippen molar-refractivity contribution in [2.24, 2.45) is 0 Å². The van der Waals surface area contributed by atoms with E-state index >= 15 is 0 Å². The van der Waals surface area contributed by atoms with Crippen molar-refractivity contribution in [3.05, 3.63) is 23.8 Å². The molecule has 1 aromatic carbocycles. The maximum atomic E-state index is 11.7. The molecule has 1 aromatic rings. The Hall–Kier alpha value is -2.24. The largest absolute Gasteiger partial charge is 0.399 e. The highest BCUT2D eigenvalue weighted by Crippen LogP contribution is 2.20. The van der Waals surface area contributed by atoms with Crippen molar-refractivity contribution in [1.29, 1.82) is 0 Å². The van der Waals surface area contributed by atoms with Gasteiger partial charge in [0.25, 0.3) is 5.91 Å². The Morgan fingerprint density at radius 2 is 1.89 bits per heavy atom. The first kappa shape index (κ1) is 13.8. The van der Waals surface area contributed by atoms with E-state index in [1.165, 1.54) is 0 Å². The summed E-state index contributed by atoms with van der Waals surface area (Å²) in [7, 11) is 3.10. The second-order valence-electron chi connectivity index (χ2n) is 3.86. The lowest BCUT2D eigenvalue weighted by Crippen LogP contribution is -2.36. The molecule has 0 aliphatic carbocycles. The van der Waals surface area contributed by atoms with Gasteiger partial charge in [-0.15, -0.1) is 0 Å². The number of nitrogen functional groups attached to an aromatic ring is 1. The van der Waals surface area contributed by atoms with E-state index < -0.39 is 6.04 Å². The Morgan fingerprint density at radius 3 is 2.44 bits per heavy atom. The van der Waals surface area contributed by atoms with Gasteiger partial charge < -0.3 is 21.7 Å². The van der Waals surface area contributed by atoms with Crippen molar-refractivity contribution in [1.82, 2.24) is 10.6 Å². The normalized spacial score (nSPS) is 11.5. The first-order valence-corrected chi connectivity index (χ1v) is 5.59. The van der Waals surface area contributed by atoms with Gasteiger partial charge in [0.15, 0.2) is 0 Å². The molecule has 5 N–H and O–H groups in total. The van der Waals surface area contributed by atoms with Crippen molar-refractivity contribution >= 4 is 23.2 Å². The molecule has 2 amide bonds. The van der Waals surface area contributed by atoms with Gasteiger partial charge in [-0.3, -0.25) is 9.59 Å².